The van der Waals surface area contributed by atoms with E-state index in [1.807, 2.05) is 6.92 Å². The number of carbonyl (C=O) groups excluding carboxylic acids is 5. The molecule has 3 aliphatic carbocycles. The van der Waals surface area contributed by atoms with E-state index in [0.717, 1.165) is 6.42 Å². The highest BCUT2D eigenvalue weighted by Crippen LogP contribution is 2.54. The molecule has 0 radical (unpaired) electrons. The number of phenolic OH excluding ortho intramolecular Hbond substituents is 1. The summed E-state index contributed by atoms with van der Waals surface area (Å²) in [5, 5.41) is 48.5. The second kappa shape index (κ2) is 13.3. The van der Waals surface area contributed by atoms with Gasteiger partial charge in [-0.3, -0.25) is 29.0 Å². The number of allylic oxidation sites excluding steroid dienone is 1. The number of nitrogens with zero attached hydrogens (tertiary/aromatic N) is 3. The molecule has 3 aliphatic rings. The number of aromatic hydroxyl groups is 1. The molecular formula is C34H47N5O10. The van der Waals surface area contributed by atoms with Gasteiger partial charge in [-0.2, -0.15) is 0 Å². The molecular weight excluding hydrogens is 638 g/mol. The number of fused-ring (bicyclic) bond motifs is 3. The van der Waals surface area contributed by atoms with Gasteiger partial charge in [-0.25, -0.2) is 4.79 Å². The number of nitrogens with two attached hydrogens (primary N) is 1. The molecule has 0 unspecified atom stereocenters. The van der Waals surface area contributed by atoms with Crippen molar-refractivity contribution in [2.24, 2.45) is 17.6 Å². The lowest BCUT2D eigenvalue weighted by Gasteiger charge is -2.50. The van der Waals surface area contributed by atoms with Gasteiger partial charge in [0.15, 0.2) is 17.1 Å². The van der Waals surface area contributed by atoms with Crippen LogP contribution in [0, 0.1) is 11.8 Å². The first kappa shape index (κ1) is 37.2. The molecule has 15 heteroatoms. The van der Waals surface area contributed by atoms with Crippen LogP contribution in [0.2, 0.25) is 0 Å². The van der Waals surface area contributed by atoms with Crippen LogP contribution in [0.3, 0.4) is 0 Å². The van der Waals surface area contributed by atoms with E-state index in [9.17, 15) is 44.4 Å². The van der Waals surface area contributed by atoms with E-state index in [-0.39, 0.29) is 36.3 Å². The van der Waals surface area contributed by atoms with Gasteiger partial charge >= 0.3 is 6.09 Å². The highest BCUT2D eigenvalue weighted by Gasteiger charge is 2.63. The van der Waals surface area contributed by atoms with Gasteiger partial charge in [0, 0.05) is 36.8 Å². The molecule has 268 valence electrons. The Kier molecular flexibility index (Phi) is 10.1. The van der Waals surface area contributed by atoms with E-state index < -0.39 is 87.9 Å². The van der Waals surface area contributed by atoms with Gasteiger partial charge in [0.05, 0.1) is 23.9 Å². The molecule has 0 fully saturated rings. The van der Waals surface area contributed by atoms with Crippen LogP contribution in [-0.2, 0) is 25.5 Å². The number of phenols is 1. The number of ether oxygens (including phenoxy) is 1. The van der Waals surface area contributed by atoms with E-state index in [1.54, 1.807) is 53.9 Å². The highest BCUT2D eigenvalue weighted by atomic mass is 16.6. The molecule has 1 aromatic rings. The molecule has 0 spiro atoms. The van der Waals surface area contributed by atoms with Crippen molar-refractivity contribution in [2.75, 3.05) is 51.6 Å². The maximum atomic E-state index is 14.3. The van der Waals surface area contributed by atoms with Crippen molar-refractivity contribution < 1.29 is 49.1 Å². The molecule has 3 amide bonds. The minimum atomic E-state index is -2.78. The maximum Gasteiger partial charge on any atom is 0.410 e. The van der Waals surface area contributed by atoms with Crippen LogP contribution in [0.5, 0.6) is 5.75 Å². The second-order valence-electron chi connectivity index (χ2n) is 14.3. The van der Waals surface area contributed by atoms with Crippen molar-refractivity contribution in [1.29, 1.82) is 0 Å². The quantitative estimate of drug-likeness (QED) is 0.125. The zero-order chi connectivity index (χ0) is 36.9. The van der Waals surface area contributed by atoms with E-state index in [1.165, 1.54) is 15.9 Å². The van der Waals surface area contributed by atoms with Gasteiger partial charge in [-0.15, -0.1) is 0 Å². The number of Topliss-reactive ketones (excluding diaryl/α,β-unsaturated/α-hetero) is 2. The van der Waals surface area contributed by atoms with E-state index in [2.05, 4.69) is 5.32 Å². The van der Waals surface area contributed by atoms with Crippen molar-refractivity contribution in [3.8, 4) is 5.75 Å². The fourth-order valence-electron chi connectivity index (χ4n) is 7.08. The summed E-state index contributed by atoms with van der Waals surface area (Å²) in [6, 6.07) is 0.385. The van der Waals surface area contributed by atoms with Crippen molar-refractivity contribution in [1.82, 2.24) is 9.80 Å². The van der Waals surface area contributed by atoms with Crippen LogP contribution in [-0.4, -0.2) is 118 Å². The third-order valence-corrected chi connectivity index (χ3v) is 9.51. The molecule has 15 nitrogen and oxygen atoms in total. The molecule has 0 saturated carbocycles. The molecule has 49 heavy (non-hydrogen) atoms. The molecule has 4 rings (SSSR count). The SMILES string of the molecule is CCCCOC(=O)N(CC(=O)Nc1cc(N(C)C)c2c(c1O)C(=O)C1=C(O)[C@]3(O)C(=O)C(C(N)=O)=C(O)[C@@H](N(C)C)[C@@H]3C[C@@H]1C2)C(C)(C)C. The Balaban J connectivity index is 1.79. The van der Waals surface area contributed by atoms with Crippen LogP contribution in [0.1, 0.15) is 62.9 Å². The summed E-state index contributed by atoms with van der Waals surface area (Å²) in [5.74, 6) is -8.40. The lowest BCUT2D eigenvalue weighted by molar-refractivity contribution is -0.148. The van der Waals surface area contributed by atoms with Gasteiger partial charge in [0.25, 0.3) is 5.91 Å². The van der Waals surface area contributed by atoms with Crippen molar-refractivity contribution in [2.45, 2.75) is 70.6 Å². The topological polar surface area (TPSA) is 223 Å². The number of rotatable bonds is 9. The number of primary amides is 1. The summed E-state index contributed by atoms with van der Waals surface area (Å²) in [4.78, 5) is 70.7. The highest BCUT2D eigenvalue weighted by molar-refractivity contribution is 6.25. The Morgan fingerprint density at radius 1 is 1.10 bits per heavy atom. The molecule has 0 aromatic heterocycles. The standard InChI is InChI=1S/C34H47N5O10/c1-9-10-11-49-32(47)39(33(2,3)4)15-21(40)36-19-14-20(37(5)6)17-12-16-13-18-25(38(7)8)28(43)24(31(35)46)30(45)34(18,48)29(44)22(16)27(42)23(17)26(19)41/h14,16,18,25,41,43-44,48H,9-13,15H2,1-8H3,(H2,35,46)(H,36,40)/t16-,18-,25-,34-/m0/s1. The summed E-state index contributed by atoms with van der Waals surface area (Å²) in [6.45, 7) is 6.91. The van der Waals surface area contributed by atoms with Crippen molar-refractivity contribution in [3.63, 3.8) is 0 Å². The van der Waals surface area contributed by atoms with Crippen molar-refractivity contribution in [3.05, 3.63) is 39.9 Å². The van der Waals surface area contributed by atoms with Gasteiger partial charge in [0.2, 0.25) is 11.7 Å². The first-order valence-electron chi connectivity index (χ1n) is 16.1. The first-order valence-corrected chi connectivity index (χ1v) is 16.1. The molecule has 4 atom stereocenters. The fourth-order valence-corrected chi connectivity index (χ4v) is 7.08. The number of hydrogen-bond acceptors (Lipinski definition) is 12. The molecule has 0 saturated heterocycles. The number of ketones is 2. The minimum absolute atomic E-state index is 0.0606. The van der Waals surface area contributed by atoms with Crippen LogP contribution < -0.4 is 16.0 Å². The minimum Gasteiger partial charge on any atom is -0.510 e. The molecule has 0 bridgehead atoms. The van der Waals surface area contributed by atoms with E-state index in [0.29, 0.717) is 17.7 Å². The number of aliphatic hydroxyl groups excluding tert-OH is 2. The monoisotopic (exact) mass is 685 g/mol. The molecule has 7 N–H and O–H groups in total. The largest absolute Gasteiger partial charge is 0.510 e. The third-order valence-electron chi connectivity index (χ3n) is 9.51. The fraction of sp³-hybridized carbons (Fsp3) is 0.559. The number of carbonyl (C=O) groups is 5. The lowest BCUT2D eigenvalue weighted by Crippen LogP contribution is -2.63. The predicted molar refractivity (Wildman–Crippen MR) is 179 cm³/mol. The number of benzene rings is 1. The Labute approximate surface area is 285 Å². The van der Waals surface area contributed by atoms with Crippen LogP contribution in [0.25, 0.3) is 0 Å². The van der Waals surface area contributed by atoms with Gasteiger partial charge < -0.3 is 41.1 Å². The molecule has 0 heterocycles. The molecule has 1 aromatic carbocycles. The first-order chi connectivity index (χ1) is 22.7. The summed E-state index contributed by atoms with van der Waals surface area (Å²) < 4.78 is 5.33. The average molecular weight is 686 g/mol. The Morgan fingerprint density at radius 3 is 2.27 bits per heavy atom. The van der Waals surface area contributed by atoms with Crippen LogP contribution in [0.4, 0.5) is 16.2 Å². The normalized spacial score (nSPS) is 23.5. The number of unbranched alkanes of at least 4 members (excludes halogenated alkanes) is 1. The summed E-state index contributed by atoms with van der Waals surface area (Å²) in [5.41, 5.74) is 1.07. The molecule has 0 aliphatic heterocycles. The summed E-state index contributed by atoms with van der Waals surface area (Å²) >= 11 is 0. The predicted octanol–water partition coefficient (Wildman–Crippen LogP) is 2.16. The number of hydrogen-bond donors (Lipinski definition) is 6. The van der Waals surface area contributed by atoms with Crippen LogP contribution >= 0.6 is 0 Å². The number of likely N-dealkylation sites (N-methyl/N-ethyl adjacent to an activating group) is 1. The smallest absolute Gasteiger partial charge is 0.410 e. The van der Waals surface area contributed by atoms with Crippen LogP contribution in [0.15, 0.2) is 28.7 Å². The van der Waals surface area contributed by atoms with Gasteiger partial charge in [0.1, 0.15) is 23.6 Å². The summed E-state index contributed by atoms with van der Waals surface area (Å²) in [7, 11) is 6.52. The zero-order valence-electron chi connectivity index (χ0n) is 29.2. The van der Waals surface area contributed by atoms with E-state index >= 15 is 0 Å². The summed E-state index contributed by atoms with van der Waals surface area (Å²) in [6.07, 6.45) is 0.792. The second-order valence-corrected chi connectivity index (χ2v) is 14.3. The number of anilines is 2. The number of nitrogens with one attached hydrogen (secondary N) is 1. The van der Waals surface area contributed by atoms with Gasteiger partial charge in [-0.05, 0) is 71.7 Å². The maximum absolute atomic E-state index is 14.3. The number of amides is 3. The third kappa shape index (κ3) is 6.32. The Morgan fingerprint density at radius 2 is 1.73 bits per heavy atom. The number of aliphatic hydroxyl groups is 3. The zero-order valence-corrected chi connectivity index (χ0v) is 29.2. The lowest BCUT2D eigenvalue weighted by atomic mass is 9.58. The van der Waals surface area contributed by atoms with E-state index in [4.69, 9.17) is 10.5 Å². The van der Waals surface area contributed by atoms with Gasteiger partial charge in [-0.1, -0.05) is 13.3 Å². The Hall–Kier alpha value is -4.63. The average Bonchev–Trinajstić information content (AvgIpc) is 2.98. The Bertz CT molecular complexity index is 1660. The van der Waals surface area contributed by atoms with Crippen molar-refractivity contribution >= 4 is 40.8 Å².